The zero-order valence-electron chi connectivity index (χ0n) is 12.1. The van der Waals surface area contributed by atoms with Gasteiger partial charge in [-0.15, -0.1) is 0 Å². The summed E-state index contributed by atoms with van der Waals surface area (Å²) in [6.45, 7) is 7.21. The van der Waals surface area contributed by atoms with Crippen LogP contribution in [-0.4, -0.2) is 12.2 Å². The van der Waals surface area contributed by atoms with E-state index < -0.39 is 0 Å². The molecule has 1 aromatic rings. The minimum Gasteiger partial charge on any atom is -0.376 e. The van der Waals surface area contributed by atoms with Crippen LogP contribution in [0.1, 0.15) is 50.2 Å². The van der Waals surface area contributed by atoms with Crippen LogP contribution in [-0.2, 0) is 4.74 Å². The van der Waals surface area contributed by atoms with Gasteiger partial charge in [0.2, 0.25) is 0 Å². The van der Waals surface area contributed by atoms with E-state index in [0.717, 1.165) is 19.4 Å². The Kier molecular flexibility index (Phi) is 4.27. The second kappa shape index (κ2) is 5.75. The maximum Gasteiger partial charge on any atom is 0.0629 e. The summed E-state index contributed by atoms with van der Waals surface area (Å²) >= 11 is 0. The first-order chi connectivity index (χ1) is 9.02. The average molecular weight is 257 g/mol. The Morgan fingerprint density at radius 2 is 2.05 bits per heavy atom. The molecule has 0 N–H and O–H groups in total. The Hall–Kier alpha value is -1.33. The molecule has 1 saturated heterocycles. The normalized spacial score (nSPS) is 23.6. The van der Waals surface area contributed by atoms with Crippen LogP contribution in [0.4, 0.5) is 0 Å². The molecule has 1 aliphatic rings. The molecule has 2 nitrogen and oxygen atoms in total. The largest absolute Gasteiger partial charge is 0.376 e. The smallest absolute Gasteiger partial charge is 0.0629 e. The lowest BCUT2D eigenvalue weighted by molar-refractivity contribution is -0.0766. The fraction of sp³-hybridized carbons (Fsp3) is 0.588. The molecule has 0 bridgehead atoms. The molecule has 0 unspecified atom stereocenters. The van der Waals surface area contributed by atoms with E-state index in [2.05, 4.69) is 51.1 Å². The Morgan fingerprint density at radius 1 is 1.37 bits per heavy atom. The molecule has 0 aromatic heterocycles. The zero-order valence-corrected chi connectivity index (χ0v) is 12.1. The van der Waals surface area contributed by atoms with Gasteiger partial charge >= 0.3 is 0 Å². The van der Waals surface area contributed by atoms with Crippen LogP contribution in [0.15, 0.2) is 24.3 Å². The number of nitrogens with zero attached hydrogens (tertiary/aromatic N) is 1. The molecule has 1 aliphatic heterocycles. The fourth-order valence-corrected chi connectivity index (χ4v) is 3.09. The van der Waals surface area contributed by atoms with Gasteiger partial charge in [-0.25, -0.2) is 0 Å². The van der Waals surface area contributed by atoms with Crippen LogP contribution in [0, 0.1) is 24.2 Å². The fourth-order valence-electron chi connectivity index (χ4n) is 3.09. The van der Waals surface area contributed by atoms with Gasteiger partial charge in [0.05, 0.1) is 11.7 Å². The minimum absolute atomic E-state index is 0.0542. The van der Waals surface area contributed by atoms with E-state index in [4.69, 9.17) is 10.00 Å². The number of benzene rings is 1. The highest BCUT2D eigenvalue weighted by Crippen LogP contribution is 2.39. The van der Waals surface area contributed by atoms with Crippen molar-refractivity contribution in [2.75, 3.05) is 6.61 Å². The number of ether oxygens (including phenoxy) is 1. The van der Waals surface area contributed by atoms with Crippen molar-refractivity contribution in [3.8, 4) is 6.07 Å². The predicted octanol–water partition coefficient (Wildman–Crippen LogP) is 4.20. The molecule has 0 aliphatic carbocycles. The Morgan fingerprint density at radius 3 is 2.63 bits per heavy atom. The molecule has 0 saturated carbocycles. The van der Waals surface area contributed by atoms with Crippen LogP contribution in [0.25, 0.3) is 0 Å². The lowest BCUT2D eigenvalue weighted by Crippen LogP contribution is -2.36. The van der Waals surface area contributed by atoms with E-state index >= 15 is 0 Å². The quantitative estimate of drug-likeness (QED) is 0.813. The summed E-state index contributed by atoms with van der Waals surface area (Å²) in [5, 5.41) is 9.13. The first kappa shape index (κ1) is 14.1. The van der Waals surface area contributed by atoms with E-state index in [1.54, 1.807) is 0 Å². The number of rotatable bonds is 3. The molecule has 0 radical (unpaired) electrons. The van der Waals surface area contributed by atoms with Crippen LogP contribution in [0.2, 0.25) is 0 Å². The Balaban J connectivity index is 2.20. The Labute approximate surface area is 116 Å². The summed E-state index contributed by atoms with van der Waals surface area (Å²) < 4.78 is 5.80. The first-order valence-electron chi connectivity index (χ1n) is 7.09. The van der Waals surface area contributed by atoms with Crippen LogP contribution in [0.3, 0.4) is 0 Å². The maximum atomic E-state index is 9.13. The SMILES string of the molecule is Cc1ccc([C@@H](CC#N)[C@H]2CCOC(C)(C)C2)cc1. The molecular formula is C17H23NO. The van der Waals surface area contributed by atoms with Crippen LogP contribution >= 0.6 is 0 Å². The van der Waals surface area contributed by atoms with Crippen molar-refractivity contribution in [2.45, 2.75) is 51.6 Å². The van der Waals surface area contributed by atoms with Gasteiger partial charge in [0.1, 0.15) is 0 Å². The molecule has 2 rings (SSSR count). The average Bonchev–Trinajstić information content (AvgIpc) is 2.36. The summed E-state index contributed by atoms with van der Waals surface area (Å²) in [5.41, 5.74) is 2.52. The highest BCUT2D eigenvalue weighted by Gasteiger charge is 2.33. The van der Waals surface area contributed by atoms with E-state index in [-0.39, 0.29) is 5.60 Å². The number of nitriles is 1. The van der Waals surface area contributed by atoms with Gasteiger partial charge in [-0.05, 0) is 51.0 Å². The van der Waals surface area contributed by atoms with Gasteiger partial charge in [-0.3, -0.25) is 0 Å². The summed E-state index contributed by atoms with van der Waals surface area (Å²) in [4.78, 5) is 0. The van der Waals surface area contributed by atoms with Gasteiger partial charge < -0.3 is 4.74 Å². The highest BCUT2D eigenvalue weighted by atomic mass is 16.5. The van der Waals surface area contributed by atoms with Crippen molar-refractivity contribution in [3.05, 3.63) is 35.4 Å². The standard InChI is InChI=1S/C17H23NO/c1-13-4-6-14(7-5-13)16(8-10-18)15-9-11-19-17(2,3)12-15/h4-7,15-16H,8-9,11-12H2,1-3H3/t15-,16+/m0/s1. The third kappa shape index (κ3) is 3.58. The summed E-state index contributed by atoms with van der Waals surface area (Å²) in [7, 11) is 0. The molecular weight excluding hydrogens is 234 g/mol. The molecule has 2 atom stereocenters. The third-order valence-electron chi connectivity index (χ3n) is 4.12. The van der Waals surface area contributed by atoms with Crippen molar-refractivity contribution in [1.82, 2.24) is 0 Å². The third-order valence-corrected chi connectivity index (χ3v) is 4.12. The van der Waals surface area contributed by atoms with Crippen LogP contribution < -0.4 is 0 Å². The van der Waals surface area contributed by atoms with Gasteiger partial charge in [-0.1, -0.05) is 29.8 Å². The second-order valence-corrected chi connectivity index (χ2v) is 6.24. The predicted molar refractivity (Wildman–Crippen MR) is 76.9 cm³/mol. The molecule has 0 amide bonds. The summed E-state index contributed by atoms with van der Waals surface area (Å²) in [5.74, 6) is 0.889. The first-order valence-corrected chi connectivity index (χ1v) is 7.09. The number of aryl methyl sites for hydroxylation is 1. The molecule has 19 heavy (non-hydrogen) atoms. The maximum absolute atomic E-state index is 9.13. The summed E-state index contributed by atoms with van der Waals surface area (Å²) in [6, 6.07) is 11.0. The molecule has 0 spiro atoms. The van der Waals surface area contributed by atoms with Gasteiger partial charge in [-0.2, -0.15) is 5.26 Å². The van der Waals surface area contributed by atoms with Crippen molar-refractivity contribution >= 4 is 0 Å². The summed E-state index contributed by atoms with van der Waals surface area (Å²) in [6.07, 6.45) is 2.70. The van der Waals surface area contributed by atoms with Gasteiger partial charge in [0.15, 0.2) is 0 Å². The monoisotopic (exact) mass is 257 g/mol. The lowest BCUT2D eigenvalue weighted by atomic mass is 9.75. The minimum atomic E-state index is -0.0542. The second-order valence-electron chi connectivity index (χ2n) is 6.24. The molecule has 102 valence electrons. The molecule has 2 heteroatoms. The lowest BCUT2D eigenvalue weighted by Gasteiger charge is -2.39. The number of hydrogen-bond donors (Lipinski definition) is 0. The van der Waals surface area contributed by atoms with E-state index in [1.807, 2.05) is 0 Å². The van der Waals surface area contributed by atoms with Crippen molar-refractivity contribution in [3.63, 3.8) is 0 Å². The molecule has 1 heterocycles. The Bertz CT molecular complexity index is 455. The van der Waals surface area contributed by atoms with E-state index in [1.165, 1.54) is 11.1 Å². The molecule has 1 aromatic carbocycles. The topological polar surface area (TPSA) is 33.0 Å². The van der Waals surface area contributed by atoms with E-state index in [9.17, 15) is 0 Å². The van der Waals surface area contributed by atoms with Gasteiger partial charge in [0.25, 0.3) is 0 Å². The van der Waals surface area contributed by atoms with Crippen molar-refractivity contribution in [1.29, 1.82) is 5.26 Å². The highest BCUT2D eigenvalue weighted by molar-refractivity contribution is 5.26. The molecule has 1 fully saturated rings. The van der Waals surface area contributed by atoms with Crippen LogP contribution in [0.5, 0.6) is 0 Å². The zero-order chi connectivity index (χ0) is 13.9. The van der Waals surface area contributed by atoms with Crippen molar-refractivity contribution in [2.24, 2.45) is 5.92 Å². The van der Waals surface area contributed by atoms with Crippen molar-refractivity contribution < 1.29 is 4.74 Å². The van der Waals surface area contributed by atoms with Gasteiger partial charge in [0, 0.05) is 13.0 Å². The van der Waals surface area contributed by atoms with E-state index in [0.29, 0.717) is 18.3 Å². The number of hydrogen-bond acceptors (Lipinski definition) is 2.